The van der Waals surface area contributed by atoms with Crippen LogP contribution in [-0.2, 0) is 14.8 Å². The molecule has 0 radical (unpaired) electrons. The maximum Gasteiger partial charge on any atom is 0.243 e. The van der Waals surface area contributed by atoms with E-state index in [1.54, 1.807) is 36.4 Å². The molecule has 3 aromatic rings. The molecular formula is C22H21ClN2O3S. The van der Waals surface area contributed by atoms with Crippen LogP contribution in [0.2, 0.25) is 5.02 Å². The van der Waals surface area contributed by atoms with E-state index in [4.69, 9.17) is 11.6 Å². The summed E-state index contributed by atoms with van der Waals surface area (Å²) in [5.41, 5.74) is 0.686. The van der Waals surface area contributed by atoms with E-state index < -0.39 is 10.0 Å². The van der Waals surface area contributed by atoms with E-state index in [1.165, 1.54) is 4.31 Å². The van der Waals surface area contributed by atoms with E-state index in [2.05, 4.69) is 5.32 Å². The molecule has 1 aliphatic heterocycles. The number of piperidine rings is 1. The van der Waals surface area contributed by atoms with E-state index >= 15 is 0 Å². The summed E-state index contributed by atoms with van der Waals surface area (Å²) < 4.78 is 27.6. The van der Waals surface area contributed by atoms with E-state index in [0.29, 0.717) is 41.5 Å². The number of nitrogens with one attached hydrogen (secondary N) is 1. The Hall–Kier alpha value is -2.41. The number of benzene rings is 3. The van der Waals surface area contributed by atoms with E-state index in [-0.39, 0.29) is 11.8 Å². The quantitative estimate of drug-likeness (QED) is 0.663. The van der Waals surface area contributed by atoms with Crippen molar-refractivity contribution < 1.29 is 13.2 Å². The third-order valence-electron chi connectivity index (χ3n) is 5.30. The number of rotatable bonds is 4. The van der Waals surface area contributed by atoms with E-state index in [0.717, 1.165) is 10.8 Å². The highest BCUT2D eigenvalue weighted by atomic mass is 35.5. The summed E-state index contributed by atoms with van der Waals surface area (Å²) in [6.45, 7) is 0.654. The standard InChI is InChI=1S/C22H21ClN2O3S/c23-19-6-8-20(9-7-19)24-22(26)17-11-13-25(14-12-17)29(27,28)21-10-5-16-3-1-2-4-18(16)15-21/h1-10,15,17H,11-14H2,(H,24,26). The molecule has 0 aromatic heterocycles. The Morgan fingerprint density at radius 1 is 0.931 bits per heavy atom. The van der Waals surface area contributed by atoms with Gasteiger partial charge in [0.05, 0.1) is 4.90 Å². The number of carbonyl (C=O) groups is 1. The van der Waals surface area contributed by atoms with Gasteiger partial charge in [-0.15, -0.1) is 0 Å². The number of amides is 1. The number of hydrogen-bond donors (Lipinski definition) is 1. The third-order valence-corrected chi connectivity index (χ3v) is 7.44. The molecule has 29 heavy (non-hydrogen) atoms. The Balaban J connectivity index is 1.42. The fourth-order valence-electron chi connectivity index (χ4n) is 3.61. The Labute approximate surface area is 175 Å². The molecule has 0 bridgehead atoms. The maximum absolute atomic E-state index is 13.0. The molecular weight excluding hydrogens is 408 g/mol. The van der Waals surface area contributed by atoms with Crippen molar-refractivity contribution in [3.63, 3.8) is 0 Å². The first-order valence-corrected chi connectivity index (χ1v) is 11.3. The van der Waals surface area contributed by atoms with Crippen molar-refractivity contribution in [3.05, 3.63) is 71.8 Å². The van der Waals surface area contributed by atoms with Gasteiger partial charge >= 0.3 is 0 Å². The van der Waals surface area contributed by atoms with Crippen LogP contribution in [0.4, 0.5) is 5.69 Å². The molecule has 5 nitrogen and oxygen atoms in total. The molecule has 0 atom stereocenters. The minimum atomic E-state index is -3.58. The molecule has 1 fully saturated rings. The van der Waals surface area contributed by atoms with Crippen LogP contribution < -0.4 is 5.32 Å². The molecule has 1 amide bonds. The molecule has 1 N–H and O–H groups in total. The zero-order valence-electron chi connectivity index (χ0n) is 15.7. The summed E-state index contributed by atoms with van der Waals surface area (Å²) in [6.07, 6.45) is 0.985. The van der Waals surface area contributed by atoms with Crippen LogP contribution in [-0.4, -0.2) is 31.7 Å². The number of hydrogen-bond acceptors (Lipinski definition) is 3. The first kappa shape index (κ1) is 19.9. The Morgan fingerprint density at radius 2 is 1.59 bits per heavy atom. The number of sulfonamides is 1. The second-order valence-corrected chi connectivity index (χ2v) is 9.56. The highest BCUT2D eigenvalue weighted by molar-refractivity contribution is 7.89. The minimum Gasteiger partial charge on any atom is -0.326 e. The molecule has 150 valence electrons. The SMILES string of the molecule is O=C(Nc1ccc(Cl)cc1)C1CCN(S(=O)(=O)c2ccc3ccccc3c2)CC1. The highest BCUT2D eigenvalue weighted by Crippen LogP contribution is 2.27. The summed E-state index contributed by atoms with van der Waals surface area (Å²) in [5, 5.41) is 5.38. The Morgan fingerprint density at radius 3 is 2.28 bits per heavy atom. The third kappa shape index (κ3) is 4.29. The van der Waals surface area contributed by atoms with Crippen molar-refractivity contribution in [2.45, 2.75) is 17.7 Å². The smallest absolute Gasteiger partial charge is 0.243 e. The lowest BCUT2D eigenvalue weighted by Crippen LogP contribution is -2.41. The number of halogens is 1. The van der Waals surface area contributed by atoms with E-state index in [1.807, 2.05) is 30.3 Å². The second-order valence-electron chi connectivity index (χ2n) is 7.18. The van der Waals surface area contributed by atoms with Crippen LogP contribution in [0.1, 0.15) is 12.8 Å². The van der Waals surface area contributed by atoms with Gasteiger partial charge in [0.25, 0.3) is 0 Å². The lowest BCUT2D eigenvalue weighted by molar-refractivity contribution is -0.120. The lowest BCUT2D eigenvalue weighted by atomic mass is 9.97. The largest absolute Gasteiger partial charge is 0.326 e. The van der Waals surface area contributed by atoms with Gasteiger partial charge in [0.15, 0.2) is 0 Å². The Bertz CT molecular complexity index is 1140. The number of anilines is 1. The van der Waals surface area contributed by atoms with Crippen molar-refractivity contribution in [2.75, 3.05) is 18.4 Å². The fourth-order valence-corrected chi connectivity index (χ4v) is 5.24. The molecule has 7 heteroatoms. The number of nitrogens with zero attached hydrogens (tertiary/aromatic N) is 1. The summed E-state index contributed by atoms with van der Waals surface area (Å²) in [4.78, 5) is 12.8. The average molecular weight is 429 g/mol. The zero-order valence-corrected chi connectivity index (χ0v) is 17.3. The van der Waals surface area contributed by atoms with Gasteiger partial charge in [0.1, 0.15) is 0 Å². The molecule has 0 unspecified atom stereocenters. The summed E-state index contributed by atoms with van der Waals surface area (Å²) >= 11 is 5.86. The van der Waals surface area contributed by atoms with Crippen molar-refractivity contribution >= 4 is 44.0 Å². The minimum absolute atomic E-state index is 0.0879. The van der Waals surface area contributed by atoms with Gasteiger partial charge in [-0.2, -0.15) is 4.31 Å². The second kappa shape index (κ2) is 8.14. The molecule has 1 heterocycles. The van der Waals surface area contributed by atoms with Gasteiger partial charge in [-0.25, -0.2) is 8.42 Å². The lowest BCUT2D eigenvalue weighted by Gasteiger charge is -2.30. The van der Waals surface area contributed by atoms with Crippen molar-refractivity contribution in [1.29, 1.82) is 0 Å². The number of carbonyl (C=O) groups excluding carboxylic acids is 1. The zero-order chi connectivity index (χ0) is 20.4. The molecule has 1 aliphatic rings. The van der Waals surface area contributed by atoms with Crippen molar-refractivity contribution in [2.24, 2.45) is 5.92 Å². The van der Waals surface area contributed by atoms with Crippen molar-refractivity contribution in [3.8, 4) is 0 Å². The van der Waals surface area contributed by atoms with E-state index in [9.17, 15) is 13.2 Å². The topological polar surface area (TPSA) is 66.5 Å². The molecule has 0 spiro atoms. The normalized spacial score (nSPS) is 16.0. The molecule has 1 saturated heterocycles. The summed E-state index contributed by atoms with van der Waals surface area (Å²) in [7, 11) is -3.58. The van der Waals surface area contributed by atoms with Crippen LogP contribution in [0.25, 0.3) is 10.8 Å². The Kier molecular flexibility index (Phi) is 5.58. The van der Waals surface area contributed by atoms with Crippen LogP contribution in [0.5, 0.6) is 0 Å². The first-order chi connectivity index (χ1) is 13.9. The molecule has 0 aliphatic carbocycles. The van der Waals surface area contributed by atoms with Gasteiger partial charge < -0.3 is 5.32 Å². The summed E-state index contributed by atoms with van der Waals surface area (Å²) in [6, 6.07) is 19.8. The summed E-state index contributed by atoms with van der Waals surface area (Å²) in [5.74, 6) is -0.302. The fraction of sp³-hybridized carbons (Fsp3) is 0.227. The first-order valence-electron chi connectivity index (χ1n) is 9.49. The molecule has 4 rings (SSSR count). The molecule has 0 saturated carbocycles. The van der Waals surface area contributed by atoms with Crippen LogP contribution >= 0.6 is 11.6 Å². The van der Waals surface area contributed by atoms with Crippen LogP contribution in [0.15, 0.2) is 71.6 Å². The van der Waals surface area contributed by atoms with Gasteiger partial charge in [-0.3, -0.25) is 4.79 Å². The molecule has 3 aromatic carbocycles. The number of fused-ring (bicyclic) bond motifs is 1. The maximum atomic E-state index is 13.0. The van der Waals surface area contributed by atoms with Crippen LogP contribution in [0.3, 0.4) is 0 Å². The van der Waals surface area contributed by atoms with Crippen molar-refractivity contribution in [1.82, 2.24) is 4.31 Å². The van der Waals surface area contributed by atoms with Crippen LogP contribution in [0, 0.1) is 5.92 Å². The monoisotopic (exact) mass is 428 g/mol. The van der Waals surface area contributed by atoms with Gasteiger partial charge in [0.2, 0.25) is 15.9 Å². The van der Waals surface area contributed by atoms with Gasteiger partial charge in [0, 0.05) is 29.7 Å². The highest BCUT2D eigenvalue weighted by Gasteiger charge is 2.32. The predicted molar refractivity (Wildman–Crippen MR) is 116 cm³/mol. The predicted octanol–water partition coefficient (Wildman–Crippen LogP) is 4.53. The van der Waals surface area contributed by atoms with Gasteiger partial charge in [-0.1, -0.05) is 41.9 Å². The average Bonchev–Trinajstić information content (AvgIpc) is 2.75. The van der Waals surface area contributed by atoms with Gasteiger partial charge in [-0.05, 0) is 60.0 Å².